The third-order valence-electron chi connectivity index (χ3n) is 10.5. The van der Waals surface area contributed by atoms with Crippen molar-refractivity contribution in [2.24, 2.45) is 20.5 Å². The van der Waals surface area contributed by atoms with Crippen LogP contribution >= 0.6 is 0 Å². The molecule has 5 aromatic heterocycles. The van der Waals surface area contributed by atoms with Gasteiger partial charge in [0.15, 0.2) is 34.6 Å². The molecule has 4 N–H and O–H groups in total. The Morgan fingerprint density at radius 1 is 0.573 bits per heavy atom. The molecular formula is C49H46K5N19O9. The SMILES string of the molecule is O=C=O.O=C=O.[C-]#[N+]c1c(C(C)(C)C)nn(-c2c[c-]cc(C(=O)[O-])c2)c1N=Nc1c(C(C)(C)C)nn(-c2nc([O-])nc(-n3nc(C(C)(C)C)c(N=Nc4c(C#N)c(C(C)(C)C)nn4-c4c[c-]cc(C(=O)[O-])c4)c3N)n2)c1N.[K+].[K+].[K+].[K+].[K+]. The van der Waals surface area contributed by atoms with E-state index in [1.54, 1.807) is 0 Å². The molecule has 0 fully saturated rings. The summed E-state index contributed by atoms with van der Waals surface area (Å²) in [6, 6.07) is 14.7. The fourth-order valence-electron chi connectivity index (χ4n) is 7.07. The number of carboxylic acid groups (broad SMARTS) is 2. The van der Waals surface area contributed by atoms with E-state index in [4.69, 9.17) is 37.2 Å². The third kappa shape index (κ3) is 18.9. The van der Waals surface area contributed by atoms with Gasteiger partial charge in [0.25, 0.3) is 17.6 Å². The second kappa shape index (κ2) is 33.2. The summed E-state index contributed by atoms with van der Waals surface area (Å²) in [5.41, 5.74) is 12.1. The largest absolute Gasteiger partial charge is 1.00 e. The number of anilines is 2. The number of carboxylic acids is 2. The van der Waals surface area contributed by atoms with Crippen LogP contribution in [0.4, 0.5) is 40.3 Å². The van der Waals surface area contributed by atoms with Crippen LogP contribution in [0.25, 0.3) is 28.1 Å². The topological polar surface area (TPSA) is 411 Å². The Balaban J connectivity index is 0.00000571. The Labute approximate surface area is 682 Å². The van der Waals surface area contributed by atoms with Crippen molar-refractivity contribution in [2.75, 3.05) is 11.5 Å². The van der Waals surface area contributed by atoms with Crippen molar-refractivity contribution in [1.82, 2.24) is 54.1 Å². The summed E-state index contributed by atoms with van der Waals surface area (Å²) < 4.78 is 4.70. The Morgan fingerprint density at radius 2 is 0.915 bits per heavy atom. The van der Waals surface area contributed by atoms with E-state index in [0.29, 0.717) is 11.4 Å². The van der Waals surface area contributed by atoms with Crippen LogP contribution in [0, 0.1) is 30.0 Å². The van der Waals surface area contributed by atoms with Crippen molar-refractivity contribution >= 4 is 64.6 Å². The molecule has 0 aliphatic carbocycles. The number of carbonyl (C=O) groups is 2. The summed E-state index contributed by atoms with van der Waals surface area (Å²) in [6.07, 6.45) is 0.500. The average molecular weight is 1240 g/mol. The van der Waals surface area contributed by atoms with Crippen LogP contribution in [0.1, 0.15) is 132 Å². The molecule has 0 atom stereocenters. The molecule has 0 unspecified atom stereocenters. The molecule has 7 rings (SSSR count). The van der Waals surface area contributed by atoms with E-state index in [1.807, 2.05) is 83.1 Å². The van der Waals surface area contributed by atoms with Crippen LogP contribution in [0.3, 0.4) is 0 Å². The van der Waals surface area contributed by atoms with E-state index in [-0.39, 0.29) is 361 Å². The van der Waals surface area contributed by atoms with E-state index in [0.717, 1.165) is 9.36 Å². The molecule has 28 nitrogen and oxygen atoms in total. The first-order chi connectivity index (χ1) is 35.9. The quantitative estimate of drug-likeness (QED) is 0.0729. The van der Waals surface area contributed by atoms with Gasteiger partial charge in [0.05, 0.1) is 35.4 Å². The number of aromatic carboxylic acids is 2. The number of nitrogens with zero attached hydrogens (tertiary/aromatic N) is 17. The molecule has 7 aromatic rings. The normalized spacial score (nSPS) is 11.0. The predicted molar refractivity (Wildman–Crippen MR) is 260 cm³/mol. The molecule has 0 saturated carbocycles. The van der Waals surface area contributed by atoms with Gasteiger partial charge >= 0.3 is 269 Å². The van der Waals surface area contributed by atoms with Crippen molar-refractivity contribution in [3.8, 4) is 35.4 Å². The van der Waals surface area contributed by atoms with E-state index in [9.17, 15) is 30.2 Å². The minimum absolute atomic E-state index is 0. The number of nitrogens with two attached hydrogens (primary N) is 2. The number of hydrogen-bond acceptors (Lipinski definition) is 23. The molecule has 396 valence electrons. The zero-order valence-electron chi connectivity index (χ0n) is 48.4. The van der Waals surface area contributed by atoms with E-state index >= 15 is 0 Å². The van der Waals surface area contributed by atoms with E-state index < -0.39 is 39.6 Å². The molecule has 2 aromatic carbocycles. The molecule has 0 amide bonds. The predicted octanol–water partition coefficient (Wildman–Crippen LogP) is -10.5. The van der Waals surface area contributed by atoms with Gasteiger partial charge in [-0.2, -0.15) is 95.6 Å². The van der Waals surface area contributed by atoms with Gasteiger partial charge < -0.3 is 36.4 Å². The fourth-order valence-corrected chi connectivity index (χ4v) is 7.07. The molecule has 82 heavy (non-hydrogen) atoms. The third-order valence-corrected chi connectivity index (χ3v) is 10.5. The second-order valence-electron chi connectivity index (χ2n) is 20.4. The summed E-state index contributed by atoms with van der Waals surface area (Å²) in [4.78, 5) is 72.4. The maximum Gasteiger partial charge on any atom is 1.00 e. The van der Waals surface area contributed by atoms with Crippen LogP contribution in [-0.2, 0) is 40.8 Å². The number of benzene rings is 2. The Morgan fingerprint density at radius 3 is 1.26 bits per heavy atom. The van der Waals surface area contributed by atoms with Gasteiger partial charge in [-0.3, -0.25) is 9.36 Å². The van der Waals surface area contributed by atoms with E-state index in [1.165, 1.54) is 45.8 Å². The Kier molecular flexibility index (Phi) is 32.3. The maximum absolute atomic E-state index is 13.4. The van der Waals surface area contributed by atoms with Crippen LogP contribution in [0.5, 0.6) is 6.01 Å². The summed E-state index contributed by atoms with van der Waals surface area (Å²) in [6.45, 7) is 30.2. The number of hydrogen-bond donors (Lipinski definition) is 2. The number of nitrogen functional groups attached to an aromatic ring is 2. The first-order valence-electron chi connectivity index (χ1n) is 22.4. The zero-order chi connectivity index (χ0) is 57.7. The van der Waals surface area contributed by atoms with E-state index in [2.05, 4.69) is 78.9 Å². The van der Waals surface area contributed by atoms with Gasteiger partial charge in [-0.25, -0.2) is 14.8 Å². The van der Waals surface area contributed by atoms with Crippen LogP contribution in [0.15, 0.2) is 56.9 Å². The first kappa shape index (κ1) is 79.8. The van der Waals surface area contributed by atoms with Gasteiger partial charge in [0, 0.05) is 28.2 Å². The van der Waals surface area contributed by atoms with Crippen molar-refractivity contribution in [3.63, 3.8) is 0 Å². The van der Waals surface area contributed by atoms with Gasteiger partial charge in [-0.1, -0.05) is 83.1 Å². The van der Waals surface area contributed by atoms with Crippen molar-refractivity contribution in [3.05, 3.63) is 99.4 Å². The van der Waals surface area contributed by atoms with Gasteiger partial charge in [-0.05, 0) is 16.8 Å². The summed E-state index contributed by atoms with van der Waals surface area (Å²) in [7, 11) is 0. The Hall–Kier alpha value is -2.25. The van der Waals surface area contributed by atoms with Crippen LogP contribution in [0.2, 0.25) is 0 Å². The number of carbonyl (C=O) groups excluding carboxylic acids is 6. The Bertz CT molecular complexity index is 3450. The number of azo groups is 2. The minimum atomic E-state index is -1.45. The maximum atomic E-state index is 13.4. The molecule has 0 spiro atoms. The van der Waals surface area contributed by atoms with Gasteiger partial charge in [0.1, 0.15) is 11.6 Å². The molecule has 0 saturated heterocycles. The minimum Gasteiger partial charge on any atom is -0.844 e. The first-order valence-corrected chi connectivity index (χ1v) is 22.4. The molecule has 0 aliphatic heterocycles. The molecule has 5 heterocycles. The van der Waals surface area contributed by atoms with Gasteiger partial charge in [-0.15, -0.1) is 43.7 Å². The second-order valence-corrected chi connectivity index (χ2v) is 20.4. The van der Waals surface area contributed by atoms with Crippen LogP contribution < -0.4 is 284 Å². The van der Waals surface area contributed by atoms with Crippen molar-refractivity contribution in [2.45, 2.75) is 105 Å². The zero-order valence-corrected chi connectivity index (χ0v) is 64.0. The van der Waals surface area contributed by atoms with Crippen molar-refractivity contribution < 1.29 is 301 Å². The number of rotatable bonds is 10. The fraction of sp³-hybridized carbons (Fsp3) is 0.327. The van der Waals surface area contributed by atoms with Crippen LogP contribution in [-0.4, -0.2) is 78.3 Å². The molecule has 33 heteroatoms. The average Bonchev–Trinajstić information content (AvgIpc) is 4.10. The van der Waals surface area contributed by atoms with Crippen molar-refractivity contribution in [1.29, 1.82) is 5.26 Å². The monoisotopic (exact) mass is 1240 g/mol. The number of nitriles is 1. The smallest absolute Gasteiger partial charge is 0.844 e. The molecule has 0 bridgehead atoms. The van der Waals surface area contributed by atoms with Gasteiger partial charge in [0.2, 0.25) is 0 Å². The summed E-state index contributed by atoms with van der Waals surface area (Å²) in [5.74, 6) is -4.06. The molecule has 0 aliphatic rings. The standard InChI is InChI=1S/C47H49N19O5.2CO2.5K/c1-44(2,3)31-27(22-48)37(63(59-31)25-18-14-16-23(20-25)39(67)68)57-55-28-32(45(4,5)6)61-65(35(28)49)41-52-42(54-43(71)53-41)66-36(50)29(33(62-66)46(7,8)9)56-58-38-30(51-13)34(47(10,11)12)60-64(38)26-19-15-17-24(21-26)40(69)70;2*2-1-3;;;;;/h16-21H,49-50H2,1-12H3,(H,67,68)(H,69,70)(H,52,53,54,71);;;;;;;/q-2;;;5*+1/p-3. The number of aromatic nitrogens is 11. The molecule has 0 radical (unpaired) electrons. The molecular weight excluding hydrogens is 1190 g/mol. The summed E-state index contributed by atoms with van der Waals surface area (Å²) in [5, 5.41) is 84.1. The summed E-state index contributed by atoms with van der Waals surface area (Å²) >= 11 is 0.